The Morgan fingerprint density at radius 2 is 1.64 bits per heavy atom. The number of carbonyl (C=O) groups is 1. The molecular formula is C8H7Cl2NaO3. The van der Waals surface area contributed by atoms with Gasteiger partial charge in [-0.1, -0.05) is 23.2 Å². The van der Waals surface area contributed by atoms with Crippen LogP contribution in [0, 0.1) is 0 Å². The molecule has 0 aliphatic heterocycles. The maximum atomic E-state index is 9.00. The van der Waals surface area contributed by atoms with Gasteiger partial charge in [0, 0.05) is 6.92 Å². The Morgan fingerprint density at radius 3 is 1.79 bits per heavy atom. The fourth-order valence-electron chi connectivity index (χ4n) is 0.790. The van der Waals surface area contributed by atoms with Gasteiger partial charge in [-0.25, -0.2) is 0 Å². The van der Waals surface area contributed by atoms with Gasteiger partial charge in [-0.3, -0.25) is 4.79 Å². The van der Waals surface area contributed by atoms with E-state index in [1.165, 1.54) is 0 Å². The first kappa shape index (κ1) is 14.1. The van der Waals surface area contributed by atoms with Crippen LogP contribution in [0.1, 0.15) is 8.35 Å². The van der Waals surface area contributed by atoms with Crippen molar-refractivity contribution < 1.29 is 45.3 Å². The standard InChI is InChI=1S/C6H2Cl2O.C2H4O2.Na.H/c7-5-3-1-2-4(9-3)6(5)8;1-2(3)4;;/h1-2H;1H3,(H,3,4);;/q;;+1;-1. The molecule has 0 atom stereocenters. The van der Waals surface area contributed by atoms with Gasteiger partial charge in [-0.15, -0.1) is 0 Å². The van der Waals surface area contributed by atoms with Gasteiger partial charge < -0.3 is 11.0 Å². The van der Waals surface area contributed by atoms with Crippen molar-refractivity contribution in [2.45, 2.75) is 6.92 Å². The number of hydrogen-bond donors (Lipinski definition) is 1. The SMILES string of the molecule is CC(=O)O.Clc1c(Cl)c2ccc1o2.[H-].[Na+]. The number of halogens is 2. The molecule has 72 valence electrons. The first-order valence-electron chi connectivity index (χ1n) is 3.37. The molecule has 14 heavy (non-hydrogen) atoms. The quantitative estimate of drug-likeness (QED) is 0.683. The van der Waals surface area contributed by atoms with Crippen molar-refractivity contribution in [2.24, 2.45) is 0 Å². The summed E-state index contributed by atoms with van der Waals surface area (Å²) in [6.07, 6.45) is 0. The Labute approximate surface area is 114 Å². The number of aliphatic carboxylic acids is 1. The van der Waals surface area contributed by atoms with Crippen molar-refractivity contribution in [1.29, 1.82) is 0 Å². The second kappa shape index (κ2) is 5.83. The summed E-state index contributed by atoms with van der Waals surface area (Å²) >= 11 is 11.3. The van der Waals surface area contributed by atoms with Crippen LogP contribution in [0.15, 0.2) is 16.5 Å². The summed E-state index contributed by atoms with van der Waals surface area (Å²) in [5.74, 6) is -0.833. The molecule has 0 aliphatic carbocycles. The van der Waals surface area contributed by atoms with Crippen molar-refractivity contribution in [3.63, 3.8) is 0 Å². The molecule has 2 aromatic rings. The second-order valence-electron chi connectivity index (χ2n) is 2.31. The Balaban J connectivity index is 0. The Kier molecular flexibility index (Phi) is 5.86. The fourth-order valence-corrected chi connectivity index (χ4v) is 1.18. The average molecular weight is 245 g/mol. The van der Waals surface area contributed by atoms with Gasteiger partial charge >= 0.3 is 29.6 Å². The first-order chi connectivity index (χ1) is 6.02. The van der Waals surface area contributed by atoms with Crippen molar-refractivity contribution in [3.8, 4) is 0 Å². The van der Waals surface area contributed by atoms with E-state index in [9.17, 15) is 0 Å². The number of rotatable bonds is 0. The molecule has 0 aliphatic rings. The Hall–Kier alpha value is 0.0700. The van der Waals surface area contributed by atoms with Gasteiger partial charge in [-0.2, -0.15) is 0 Å². The van der Waals surface area contributed by atoms with Gasteiger partial charge in [0.2, 0.25) is 0 Å². The molecule has 0 unspecified atom stereocenters. The molecular weight excluding hydrogens is 238 g/mol. The number of carboxylic acids is 1. The molecule has 0 spiro atoms. The second-order valence-corrected chi connectivity index (χ2v) is 3.07. The third-order valence-electron chi connectivity index (χ3n) is 1.23. The predicted molar refractivity (Wildman–Crippen MR) is 51.8 cm³/mol. The van der Waals surface area contributed by atoms with Crippen molar-refractivity contribution in [1.82, 2.24) is 0 Å². The summed E-state index contributed by atoms with van der Waals surface area (Å²) in [5, 5.41) is 8.46. The molecule has 2 bridgehead atoms. The maximum Gasteiger partial charge on any atom is 1.00 e. The molecule has 0 amide bonds. The van der Waals surface area contributed by atoms with E-state index in [2.05, 4.69) is 0 Å². The number of benzene rings is 1. The van der Waals surface area contributed by atoms with Crippen LogP contribution in [-0.4, -0.2) is 11.1 Å². The van der Waals surface area contributed by atoms with E-state index in [1.54, 1.807) is 12.1 Å². The van der Waals surface area contributed by atoms with E-state index in [4.69, 9.17) is 37.5 Å². The molecule has 2 heterocycles. The molecule has 0 fully saturated rings. The monoisotopic (exact) mass is 244 g/mol. The topological polar surface area (TPSA) is 50.4 Å². The van der Waals surface area contributed by atoms with Crippen LogP contribution in [0.5, 0.6) is 0 Å². The molecule has 1 N–H and O–H groups in total. The zero-order chi connectivity index (χ0) is 10.0. The van der Waals surface area contributed by atoms with Crippen LogP contribution in [0.2, 0.25) is 10.0 Å². The summed E-state index contributed by atoms with van der Waals surface area (Å²) in [6, 6.07) is 3.59. The van der Waals surface area contributed by atoms with Gasteiger partial charge in [0.05, 0.1) is 0 Å². The summed E-state index contributed by atoms with van der Waals surface area (Å²) in [6.45, 7) is 1.08. The van der Waals surface area contributed by atoms with E-state index < -0.39 is 5.97 Å². The average Bonchev–Trinajstić information content (AvgIpc) is 2.55. The van der Waals surface area contributed by atoms with Crippen LogP contribution in [0.25, 0.3) is 11.2 Å². The molecule has 0 saturated carbocycles. The van der Waals surface area contributed by atoms with Crippen LogP contribution in [0.3, 0.4) is 0 Å². The van der Waals surface area contributed by atoms with Crippen molar-refractivity contribution >= 4 is 40.3 Å². The van der Waals surface area contributed by atoms with E-state index in [1.807, 2.05) is 0 Å². The minimum absolute atomic E-state index is 0. The molecule has 2 aromatic heterocycles. The zero-order valence-corrected chi connectivity index (χ0v) is 11.2. The van der Waals surface area contributed by atoms with E-state index in [-0.39, 0.29) is 31.0 Å². The van der Waals surface area contributed by atoms with Gasteiger partial charge in [0.25, 0.3) is 5.97 Å². The van der Waals surface area contributed by atoms with Crippen LogP contribution < -0.4 is 29.6 Å². The smallest absolute Gasteiger partial charge is 1.00 e. The molecule has 6 heteroatoms. The van der Waals surface area contributed by atoms with Crippen LogP contribution >= 0.6 is 23.2 Å². The predicted octanol–water partition coefficient (Wildman–Crippen LogP) is 0.385. The summed E-state index contributed by atoms with van der Waals surface area (Å²) in [5.41, 5.74) is 1.33. The Morgan fingerprint density at radius 1 is 1.36 bits per heavy atom. The maximum absolute atomic E-state index is 9.00. The molecule has 2 rings (SSSR count). The molecule has 0 saturated heterocycles. The largest absolute Gasteiger partial charge is 1.00 e. The third-order valence-corrected chi connectivity index (χ3v) is 2.08. The minimum atomic E-state index is -0.833. The van der Waals surface area contributed by atoms with Crippen LogP contribution in [0.4, 0.5) is 0 Å². The van der Waals surface area contributed by atoms with E-state index >= 15 is 0 Å². The number of carboxylic acid groups (broad SMARTS) is 1. The number of hydrogen-bond acceptors (Lipinski definition) is 2. The van der Waals surface area contributed by atoms with Crippen LogP contribution in [-0.2, 0) is 4.79 Å². The van der Waals surface area contributed by atoms with Crippen molar-refractivity contribution in [3.05, 3.63) is 22.2 Å². The molecule has 0 radical (unpaired) electrons. The zero-order valence-electron chi connectivity index (χ0n) is 8.67. The van der Waals surface area contributed by atoms with E-state index in [0.29, 0.717) is 21.2 Å². The summed E-state index contributed by atoms with van der Waals surface area (Å²) < 4.78 is 5.08. The van der Waals surface area contributed by atoms with E-state index in [0.717, 1.165) is 6.92 Å². The van der Waals surface area contributed by atoms with Gasteiger partial charge in [0.1, 0.15) is 21.2 Å². The first-order valence-corrected chi connectivity index (χ1v) is 4.13. The third kappa shape index (κ3) is 3.33. The minimum Gasteiger partial charge on any atom is -1.00 e. The molecule has 0 aromatic carbocycles. The molecule has 3 nitrogen and oxygen atoms in total. The summed E-state index contributed by atoms with van der Waals surface area (Å²) in [4.78, 5) is 9.00. The summed E-state index contributed by atoms with van der Waals surface area (Å²) in [7, 11) is 0. The number of fused-ring (bicyclic) bond motifs is 2. The van der Waals surface area contributed by atoms with Gasteiger partial charge in [0.15, 0.2) is 0 Å². The fraction of sp³-hybridized carbons (Fsp3) is 0.125. The van der Waals surface area contributed by atoms with Crippen molar-refractivity contribution in [2.75, 3.05) is 0 Å². The Bertz CT molecular complexity index is 383. The van der Waals surface area contributed by atoms with Gasteiger partial charge in [-0.05, 0) is 12.1 Å². The number of furan rings is 2. The normalized spacial score (nSPS) is 9.07.